The summed E-state index contributed by atoms with van der Waals surface area (Å²) in [5, 5.41) is 3.39. The van der Waals surface area contributed by atoms with Gasteiger partial charge in [0.1, 0.15) is 0 Å². The summed E-state index contributed by atoms with van der Waals surface area (Å²) in [5.74, 6) is -2.25. The van der Waals surface area contributed by atoms with Gasteiger partial charge < -0.3 is 10.1 Å². The fraction of sp³-hybridized carbons (Fsp3) is 1.00. The van der Waals surface area contributed by atoms with Crippen LogP contribution in [0.25, 0.3) is 0 Å². The number of nitrogens with one attached hydrogen (secondary N) is 1. The maximum Gasteiger partial charge on any atom is 0.248 e. The van der Waals surface area contributed by atoms with E-state index in [1.807, 2.05) is 6.92 Å². The molecule has 0 spiro atoms. The van der Waals surface area contributed by atoms with E-state index in [1.165, 1.54) is 0 Å². The molecule has 4 heteroatoms. The Labute approximate surface area is 89.4 Å². The minimum Gasteiger partial charge on any atom is -0.377 e. The molecule has 1 aliphatic heterocycles. The fourth-order valence-electron chi connectivity index (χ4n) is 2.37. The molecule has 2 nitrogen and oxygen atoms in total. The third-order valence-corrected chi connectivity index (χ3v) is 3.86. The number of alkyl halides is 2. The van der Waals surface area contributed by atoms with Crippen LogP contribution >= 0.6 is 0 Å². The van der Waals surface area contributed by atoms with Crippen LogP contribution < -0.4 is 5.32 Å². The number of halogens is 2. The summed E-state index contributed by atoms with van der Waals surface area (Å²) < 4.78 is 30.7. The van der Waals surface area contributed by atoms with Crippen LogP contribution in [0.2, 0.25) is 0 Å². The highest BCUT2D eigenvalue weighted by Gasteiger charge is 2.46. The average molecular weight is 219 g/mol. The van der Waals surface area contributed by atoms with Gasteiger partial charge in [0, 0.05) is 25.0 Å². The van der Waals surface area contributed by atoms with Crippen LogP contribution in [0, 0.1) is 5.92 Å². The lowest BCUT2D eigenvalue weighted by Crippen LogP contribution is -2.52. The summed E-state index contributed by atoms with van der Waals surface area (Å²) in [6, 6.07) is 0. The van der Waals surface area contributed by atoms with Crippen LogP contribution in [0.15, 0.2) is 0 Å². The van der Waals surface area contributed by atoms with Crippen LogP contribution in [0.4, 0.5) is 8.78 Å². The van der Waals surface area contributed by atoms with Crippen molar-refractivity contribution >= 4 is 0 Å². The van der Waals surface area contributed by atoms with Crippen molar-refractivity contribution < 1.29 is 13.5 Å². The minimum absolute atomic E-state index is 0.0229. The monoisotopic (exact) mass is 219 g/mol. The first kappa shape index (κ1) is 11.3. The maximum atomic E-state index is 12.6. The Morgan fingerprint density at radius 3 is 2.53 bits per heavy atom. The molecule has 0 bridgehead atoms. The summed E-state index contributed by atoms with van der Waals surface area (Å²) in [6.45, 7) is 5.61. The Hall–Kier alpha value is -0.220. The summed E-state index contributed by atoms with van der Waals surface area (Å²) in [5.41, 5.74) is -0.0229. The van der Waals surface area contributed by atoms with Gasteiger partial charge in [-0.25, -0.2) is 8.78 Å². The molecule has 2 fully saturated rings. The quantitative estimate of drug-likeness (QED) is 0.785. The van der Waals surface area contributed by atoms with Gasteiger partial charge in [0.2, 0.25) is 5.92 Å². The SMILES string of the molecule is C[C@H]1OCC[C@]1(C)NCC1CC(F)(F)C1. The molecule has 1 saturated heterocycles. The Morgan fingerprint density at radius 2 is 2.07 bits per heavy atom. The highest BCUT2D eigenvalue weighted by molar-refractivity contribution is 4.96. The maximum absolute atomic E-state index is 12.6. The van der Waals surface area contributed by atoms with Crippen molar-refractivity contribution in [3.63, 3.8) is 0 Å². The number of ether oxygens (including phenoxy) is 1. The second-order valence-corrected chi connectivity index (χ2v) is 5.19. The van der Waals surface area contributed by atoms with E-state index in [-0.39, 0.29) is 30.4 Å². The van der Waals surface area contributed by atoms with Crippen molar-refractivity contribution in [2.24, 2.45) is 5.92 Å². The Bertz CT molecular complexity index is 239. The summed E-state index contributed by atoms with van der Waals surface area (Å²) >= 11 is 0. The van der Waals surface area contributed by atoms with Crippen molar-refractivity contribution in [3.05, 3.63) is 0 Å². The first-order valence-electron chi connectivity index (χ1n) is 5.66. The molecule has 0 radical (unpaired) electrons. The largest absolute Gasteiger partial charge is 0.377 e. The van der Waals surface area contributed by atoms with Crippen LogP contribution in [-0.2, 0) is 4.74 Å². The molecule has 0 aromatic rings. The topological polar surface area (TPSA) is 21.3 Å². The molecule has 1 aliphatic carbocycles. The standard InChI is InChI=1S/C11H19F2NO/c1-8-10(2,3-4-15-8)14-7-9-5-11(12,13)6-9/h8-9,14H,3-7H2,1-2H3/t8-,10+/m1/s1. The number of hydrogen-bond acceptors (Lipinski definition) is 2. The number of rotatable bonds is 3. The zero-order valence-corrected chi connectivity index (χ0v) is 9.35. The smallest absolute Gasteiger partial charge is 0.248 e. The second-order valence-electron chi connectivity index (χ2n) is 5.19. The van der Waals surface area contributed by atoms with E-state index < -0.39 is 5.92 Å². The fourth-order valence-corrected chi connectivity index (χ4v) is 2.37. The van der Waals surface area contributed by atoms with Gasteiger partial charge in [-0.3, -0.25) is 0 Å². The molecule has 0 aromatic heterocycles. The minimum atomic E-state index is -2.40. The van der Waals surface area contributed by atoms with E-state index in [2.05, 4.69) is 12.2 Å². The molecule has 88 valence electrons. The van der Waals surface area contributed by atoms with Crippen LogP contribution in [-0.4, -0.2) is 30.7 Å². The second kappa shape index (κ2) is 3.67. The Kier molecular flexibility index (Phi) is 2.75. The molecule has 1 heterocycles. The van der Waals surface area contributed by atoms with E-state index in [0.29, 0.717) is 6.54 Å². The molecule has 0 amide bonds. The van der Waals surface area contributed by atoms with Gasteiger partial charge in [0.05, 0.1) is 6.10 Å². The Balaban J connectivity index is 1.74. The zero-order chi connectivity index (χ0) is 11.1. The van der Waals surface area contributed by atoms with E-state index in [4.69, 9.17) is 4.74 Å². The van der Waals surface area contributed by atoms with Crippen LogP contribution in [0.3, 0.4) is 0 Å². The van der Waals surface area contributed by atoms with Crippen molar-refractivity contribution in [1.82, 2.24) is 5.32 Å². The molecule has 1 N–H and O–H groups in total. The lowest BCUT2D eigenvalue weighted by Gasteiger charge is -2.38. The van der Waals surface area contributed by atoms with Gasteiger partial charge in [-0.05, 0) is 32.7 Å². The normalized spacial score (nSPS) is 40.4. The molecule has 2 atom stereocenters. The number of hydrogen-bond donors (Lipinski definition) is 1. The van der Waals surface area contributed by atoms with E-state index in [0.717, 1.165) is 13.0 Å². The molecule has 2 aliphatic rings. The molecule has 0 unspecified atom stereocenters. The third kappa shape index (κ3) is 2.31. The summed E-state index contributed by atoms with van der Waals surface area (Å²) in [6.07, 6.45) is 1.24. The van der Waals surface area contributed by atoms with E-state index in [9.17, 15) is 8.78 Å². The predicted molar refractivity (Wildman–Crippen MR) is 54.1 cm³/mol. The molecular weight excluding hydrogens is 200 g/mol. The zero-order valence-electron chi connectivity index (χ0n) is 9.35. The third-order valence-electron chi connectivity index (χ3n) is 3.86. The van der Waals surface area contributed by atoms with Crippen LogP contribution in [0.5, 0.6) is 0 Å². The Morgan fingerprint density at radius 1 is 1.40 bits per heavy atom. The van der Waals surface area contributed by atoms with Gasteiger partial charge in [0.15, 0.2) is 0 Å². The lowest BCUT2D eigenvalue weighted by molar-refractivity contribution is -0.110. The first-order chi connectivity index (χ1) is 6.91. The molecule has 15 heavy (non-hydrogen) atoms. The lowest BCUT2D eigenvalue weighted by atomic mass is 9.80. The van der Waals surface area contributed by atoms with Gasteiger partial charge in [0.25, 0.3) is 0 Å². The predicted octanol–water partition coefficient (Wildman–Crippen LogP) is 2.19. The molecular formula is C11H19F2NO. The molecule has 2 rings (SSSR count). The van der Waals surface area contributed by atoms with Crippen molar-refractivity contribution in [2.45, 2.75) is 50.7 Å². The van der Waals surface area contributed by atoms with Gasteiger partial charge in [-0.15, -0.1) is 0 Å². The van der Waals surface area contributed by atoms with Crippen molar-refractivity contribution in [3.8, 4) is 0 Å². The summed E-state index contributed by atoms with van der Waals surface area (Å²) in [7, 11) is 0. The van der Waals surface area contributed by atoms with Crippen molar-refractivity contribution in [2.75, 3.05) is 13.2 Å². The van der Waals surface area contributed by atoms with E-state index >= 15 is 0 Å². The first-order valence-corrected chi connectivity index (χ1v) is 5.66. The van der Waals surface area contributed by atoms with E-state index in [1.54, 1.807) is 0 Å². The van der Waals surface area contributed by atoms with Gasteiger partial charge in [-0.1, -0.05) is 0 Å². The molecule has 0 aromatic carbocycles. The summed E-state index contributed by atoms with van der Waals surface area (Å²) in [4.78, 5) is 0. The highest BCUT2D eigenvalue weighted by Crippen LogP contribution is 2.42. The van der Waals surface area contributed by atoms with Gasteiger partial charge >= 0.3 is 0 Å². The van der Waals surface area contributed by atoms with Crippen LogP contribution in [0.1, 0.15) is 33.1 Å². The van der Waals surface area contributed by atoms with Gasteiger partial charge in [-0.2, -0.15) is 0 Å². The van der Waals surface area contributed by atoms with Crippen molar-refractivity contribution in [1.29, 1.82) is 0 Å². The average Bonchev–Trinajstić information content (AvgIpc) is 2.41. The highest BCUT2D eigenvalue weighted by atomic mass is 19.3. The molecule has 1 saturated carbocycles.